The van der Waals surface area contributed by atoms with Gasteiger partial charge in [0.1, 0.15) is 6.61 Å². The van der Waals surface area contributed by atoms with Crippen molar-refractivity contribution in [3.8, 4) is 11.5 Å². The van der Waals surface area contributed by atoms with Gasteiger partial charge in [-0.15, -0.1) is 0 Å². The second-order valence-corrected chi connectivity index (χ2v) is 6.45. The molecule has 29 heavy (non-hydrogen) atoms. The van der Waals surface area contributed by atoms with Gasteiger partial charge in [-0.05, 0) is 54.1 Å². The lowest BCUT2D eigenvalue weighted by atomic mass is 10.2. The quantitative estimate of drug-likeness (QED) is 0.400. The minimum Gasteiger partial charge on any atom is -0.493 e. The maximum absolute atomic E-state index is 10.9. The summed E-state index contributed by atoms with van der Waals surface area (Å²) in [5.41, 5.74) is 5.45. The van der Waals surface area contributed by atoms with Gasteiger partial charge in [-0.1, -0.05) is 29.8 Å². The first-order valence-corrected chi connectivity index (χ1v) is 9.11. The molecule has 2 N–H and O–H groups in total. The van der Waals surface area contributed by atoms with E-state index in [9.17, 15) is 4.79 Å². The number of carboxylic acid groups (broad SMARTS) is 1. The molecule has 6 nitrogen and oxygen atoms in total. The van der Waals surface area contributed by atoms with Crippen molar-refractivity contribution >= 4 is 29.5 Å². The molecule has 0 aliphatic carbocycles. The summed E-state index contributed by atoms with van der Waals surface area (Å²) in [6, 6.07) is 19.3. The zero-order chi connectivity index (χ0) is 20.6. The van der Waals surface area contributed by atoms with Crippen LogP contribution in [0.5, 0.6) is 11.5 Å². The van der Waals surface area contributed by atoms with Crippen LogP contribution in [-0.4, -0.2) is 24.4 Å². The maximum atomic E-state index is 10.9. The molecule has 3 rings (SSSR count). The van der Waals surface area contributed by atoms with E-state index in [-0.39, 0.29) is 5.56 Å². The predicted octanol–water partition coefficient (Wildman–Crippen LogP) is 5.07. The van der Waals surface area contributed by atoms with Gasteiger partial charge in [0, 0.05) is 10.6 Å². The molecule has 0 saturated carbocycles. The van der Waals surface area contributed by atoms with Crippen molar-refractivity contribution in [2.75, 3.05) is 12.5 Å². The van der Waals surface area contributed by atoms with Crippen molar-refractivity contribution in [2.24, 2.45) is 5.10 Å². The molecule has 0 radical (unpaired) electrons. The Morgan fingerprint density at radius 1 is 1.10 bits per heavy atom. The summed E-state index contributed by atoms with van der Waals surface area (Å²) in [5, 5.41) is 13.7. The van der Waals surface area contributed by atoms with E-state index in [2.05, 4.69) is 10.5 Å². The Morgan fingerprint density at radius 3 is 2.55 bits per heavy atom. The molecule has 0 atom stereocenters. The van der Waals surface area contributed by atoms with Gasteiger partial charge < -0.3 is 14.6 Å². The summed E-state index contributed by atoms with van der Waals surface area (Å²) < 4.78 is 11.2. The summed E-state index contributed by atoms with van der Waals surface area (Å²) in [6.07, 6.45) is 1.63. The van der Waals surface area contributed by atoms with E-state index in [1.54, 1.807) is 37.6 Å². The molecule has 0 spiro atoms. The molecule has 0 saturated heterocycles. The Bertz CT molecular complexity index is 1020. The van der Waals surface area contributed by atoms with Gasteiger partial charge in [0.05, 0.1) is 24.6 Å². The van der Waals surface area contributed by atoms with Crippen molar-refractivity contribution in [1.82, 2.24) is 0 Å². The number of ether oxygens (including phenoxy) is 2. The third kappa shape index (κ3) is 5.49. The lowest BCUT2D eigenvalue weighted by Crippen LogP contribution is -1.99. The normalized spacial score (nSPS) is 10.7. The highest BCUT2D eigenvalue weighted by molar-refractivity contribution is 6.31. The van der Waals surface area contributed by atoms with Crippen LogP contribution in [0.15, 0.2) is 71.8 Å². The second kappa shape index (κ2) is 9.61. The van der Waals surface area contributed by atoms with Crippen LogP contribution in [0.3, 0.4) is 0 Å². The van der Waals surface area contributed by atoms with Crippen molar-refractivity contribution in [3.63, 3.8) is 0 Å². The number of anilines is 1. The van der Waals surface area contributed by atoms with Crippen LogP contribution in [0.4, 0.5) is 5.69 Å². The van der Waals surface area contributed by atoms with Gasteiger partial charge in [-0.3, -0.25) is 5.43 Å². The van der Waals surface area contributed by atoms with E-state index < -0.39 is 5.97 Å². The molecule has 0 aliphatic rings. The van der Waals surface area contributed by atoms with Crippen molar-refractivity contribution in [1.29, 1.82) is 0 Å². The van der Waals surface area contributed by atoms with Crippen LogP contribution in [-0.2, 0) is 6.61 Å². The van der Waals surface area contributed by atoms with Crippen molar-refractivity contribution in [2.45, 2.75) is 6.61 Å². The highest BCUT2D eigenvalue weighted by Crippen LogP contribution is 2.29. The summed E-state index contributed by atoms with van der Waals surface area (Å²) in [7, 11) is 1.57. The fourth-order valence-corrected chi connectivity index (χ4v) is 2.71. The van der Waals surface area contributed by atoms with E-state index in [0.717, 1.165) is 11.1 Å². The van der Waals surface area contributed by atoms with E-state index in [0.29, 0.717) is 28.8 Å². The molecule has 7 heteroatoms. The predicted molar refractivity (Wildman–Crippen MR) is 113 cm³/mol. The van der Waals surface area contributed by atoms with Crippen LogP contribution < -0.4 is 14.9 Å². The molecule has 3 aromatic carbocycles. The zero-order valence-electron chi connectivity index (χ0n) is 15.6. The molecule has 0 amide bonds. The average molecular weight is 411 g/mol. The number of carboxylic acids is 1. The third-order valence-corrected chi connectivity index (χ3v) is 4.44. The van der Waals surface area contributed by atoms with E-state index in [1.165, 1.54) is 12.1 Å². The molecule has 0 unspecified atom stereocenters. The SMILES string of the molecule is COc1cc(/C=N/Nc2ccc(C(=O)O)cc2)ccc1OCc1ccccc1Cl. The first-order chi connectivity index (χ1) is 14.1. The molecular formula is C22H19ClN2O4. The Labute approximate surface area is 173 Å². The van der Waals surface area contributed by atoms with Gasteiger partial charge in [0.25, 0.3) is 0 Å². The third-order valence-electron chi connectivity index (χ3n) is 4.07. The number of aromatic carboxylic acids is 1. The van der Waals surface area contributed by atoms with Gasteiger partial charge in [0.15, 0.2) is 11.5 Å². The number of methoxy groups -OCH3 is 1. The monoisotopic (exact) mass is 410 g/mol. The number of nitrogens with one attached hydrogen (secondary N) is 1. The fourth-order valence-electron chi connectivity index (χ4n) is 2.52. The lowest BCUT2D eigenvalue weighted by Gasteiger charge is -2.12. The molecule has 0 heterocycles. The smallest absolute Gasteiger partial charge is 0.335 e. The van der Waals surface area contributed by atoms with Crippen LogP contribution in [0, 0.1) is 0 Å². The molecule has 0 bridgehead atoms. The van der Waals surface area contributed by atoms with Crippen molar-refractivity contribution < 1.29 is 19.4 Å². The minimum atomic E-state index is -0.969. The number of benzene rings is 3. The average Bonchev–Trinajstić information content (AvgIpc) is 2.74. The lowest BCUT2D eigenvalue weighted by molar-refractivity contribution is 0.0697. The first kappa shape index (κ1) is 20.2. The number of hydrazone groups is 1. The van der Waals surface area contributed by atoms with Gasteiger partial charge in [-0.25, -0.2) is 4.79 Å². The number of nitrogens with zero attached hydrogens (tertiary/aromatic N) is 1. The molecule has 0 fully saturated rings. The summed E-state index contributed by atoms with van der Waals surface area (Å²) in [6.45, 7) is 0.331. The molecule has 0 aliphatic heterocycles. The van der Waals surface area contributed by atoms with Crippen LogP contribution in [0.25, 0.3) is 0 Å². The van der Waals surface area contributed by atoms with Gasteiger partial charge in [-0.2, -0.15) is 5.10 Å². The first-order valence-electron chi connectivity index (χ1n) is 8.73. The largest absolute Gasteiger partial charge is 0.493 e. The second-order valence-electron chi connectivity index (χ2n) is 6.04. The fraction of sp³-hybridized carbons (Fsp3) is 0.0909. The van der Waals surface area contributed by atoms with Crippen molar-refractivity contribution in [3.05, 3.63) is 88.4 Å². The summed E-state index contributed by atoms with van der Waals surface area (Å²) in [5.74, 6) is 0.206. The highest BCUT2D eigenvalue weighted by atomic mass is 35.5. The topological polar surface area (TPSA) is 80.2 Å². The minimum absolute atomic E-state index is 0.219. The molecule has 148 valence electrons. The maximum Gasteiger partial charge on any atom is 0.335 e. The zero-order valence-corrected chi connectivity index (χ0v) is 16.4. The standard InChI is InChI=1S/C22H19ClN2O4/c1-28-21-12-15(13-24-25-18-9-7-16(8-10-18)22(26)27)6-11-20(21)29-14-17-4-2-3-5-19(17)23/h2-13,25H,14H2,1H3,(H,26,27)/b24-13+. The van der Waals surface area contributed by atoms with E-state index >= 15 is 0 Å². The molecular weight excluding hydrogens is 392 g/mol. The number of hydrogen-bond acceptors (Lipinski definition) is 5. The highest BCUT2D eigenvalue weighted by Gasteiger charge is 2.07. The van der Waals surface area contributed by atoms with Crippen LogP contribution in [0.1, 0.15) is 21.5 Å². The van der Waals surface area contributed by atoms with E-state index in [4.69, 9.17) is 26.2 Å². The summed E-state index contributed by atoms with van der Waals surface area (Å²) >= 11 is 6.16. The Hall–Kier alpha value is -3.51. The Morgan fingerprint density at radius 2 is 1.86 bits per heavy atom. The molecule has 0 aromatic heterocycles. The Kier molecular flexibility index (Phi) is 6.71. The van der Waals surface area contributed by atoms with Gasteiger partial charge in [0.2, 0.25) is 0 Å². The number of hydrogen-bond donors (Lipinski definition) is 2. The van der Waals surface area contributed by atoms with Gasteiger partial charge >= 0.3 is 5.97 Å². The Balaban J connectivity index is 1.64. The van der Waals surface area contributed by atoms with E-state index in [1.807, 2.05) is 30.3 Å². The number of halogens is 1. The summed E-state index contributed by atoms with van der Waals surface area (Å²) in [4.78, 5) is 10.9. The number of carbonyl (C=O) groups is 1. The van der Waals surface area contributed by atoms with Crippen LogP contribution >= 0.6 is 11.6 Å². The van der Waals surface area contributed by atoms with Crippen LogP contribution in [0.2, 0.25) is 5.02 Å². The number of rotatable bonds is 8. The molecule has 3 aromatic rings.